The highest BCUT2D eigenvalue weighted by Gasteiger charge is 2.23. The quantitative estimate of drug-likeness (QED) is 0.664. The van der Waals surface area contributed by atoms with E-state index < -0.39 is 5.97 Å². The van der Waals surface area contributed by atoms with Gasteiger partial charge in [0.05, 0.1) is 14.2 Å². The van der Waals surface area contributed by atoms with Crippen molar-refractivity contribution in [2.45, 2.75) is 26.8 Å². The summed E-state index contributed by atoms with van der Waals surface area (Å²) in [6, 6.07) is 9.24. The molecule has 0 bridgehead atoms. The number of nitrogens with zero attached hydrogens (tertiary/aromatic N) is 1. The Hall–Kier alpha value is -3.55. The summed E-state index contributed by atoms with van der Waals surface area (Å²) in [7, 11) is 3.15. The van der Waals surface area contributed by atoms with E-state index in [1.165, 1.54) is 0 Å². The zero-order valence-corrected chi connectivity index (χ0v) is 18.8. The van der Waals surface area contributed by atoms with Gasteiger partial charge in [0.15, 0.2) is 18.1 Å². The minimum Gasteiger partial charge on any atom is -0.493 e. The van der Waals surface area contributed by atoms with Crippen molar-refractivity contribution in [1.82, 2.24) is 10.2 Å². The fraction of sp³-hybridized carbons (Fsp3) is 0.375. The van der Waals surface area contributed by atoms with E-state index in [1.54, 1.807) is 31.3 Å². The number of methoxy groups -OCH3 is 2. The van der Waals surface area contributed by atoms with Crippen LogP contribution in [0.15, 0.2) is 30.3 Å². The number of benzene rings is 2. The van der Waals surface area contributed by atoms with Crippen molar-refractivity contribution in [1.29, 1.82) is 0 Å². The van der Waals surface area contributed by atoms with E-state index in [1.807, 2.05) is 32.0 Å². The lowest BCUT2D eigenvalue weighted by molar-refractivity contribution is -0.151. The number of fused-ring (bicyclic) bond motifs is 1. The van der Waals surface area contributed by atoms with Gasteiger partial charge in [0.1, 0.15) is 6.54 Å². The van der Waals surface area contributed by atoms with Crippen molar-refractivity contribution in [2.24, 2.45) is 0 Å². The molecule has 32 heavy (non-hydrogen) atoms. The molecule has 8 nitrogen and oxygen atoms in total. The molecule has 2 aromatic rings. The lowest BCUT2D eigenvalue weighted by Gasteiger charge is -2.29. The highest BCUT2D eigenvalue weighted by Crippen LogP contribution is 2.33. The van der Waals surface area contributed by atoms with Gasteiger partial charge >= 0.3 is 5.97 Å². The Morgan fingerprint density at radius 1 is 0.938 bits per heavy atom. The molecule has 2 amide bonds. The lowest BCUT2D eigenvalue weighted by atomic mass is 9.99. The van der Waals surface area contributed by atoms with Gasteiger partial charge in [-0.25, -0.2) is 0 Å². The van der Waals surface area contributed by atoms with Crippen LogP contribution in [0.5, 0.6) is 11.5 Å². The SMILES string of the molecule is COc1cc2c(cc1OC)CN(C(=O)COC(=O)CNC(=O)c1cc(C)cc(C)c1)CC2. The van der Waals surface area contributed by atoms with E-state index >= 15 is 0 Å². The predicted molar refractivity (Wildman–Crippen MR) is 118 cm³/mol. The molecule has 1 aliphatic heterocycles. The number of ether oxygens (including phenoxy) is 3. The molecule has 0 saturated heterocycles. The Morgan fingerprint density at radius 3 is 2.19 bits per heavy atom. The highest BCUT2D eigenvalue weighted by atomic mass is 16.5. The Morgan fingerprint density at radius 2 is 1.56 bits per heavy atom. The fourth-order valence-corrected chi connectivity index (χ4v) is 3.74. The fourth-order valence-electron chi connectivity index (χ4n) is 3.74. The lowest BCUT2D eigenvalue weighted by Crippen LogP contribution is -2.39. The van der Waals surface area contributed by atoms with E-state index in [-0.39, 0.29) is 25.0 Å². The number of aryl methyl sites for hydroxylation is 2. The molecule has 170 valence electrons. The molecule has 1 N–H and O–H groups in total. The van der Waals surface area contributed by atoms with Gasteiger partial charge in [-0.15, -0.1) is 0 Å². The van der Waals surface area contributed by atoms with Crippen molar-refractivity contribution in [3.8, 4) is 11.5 Å². The van der Waals surface area contributed by atoms with Crippen molar-refractivity contribution in [3.05, 3.63) is 58.1 Å². The topological polar surface area (TPSA) is 94.2 Å². The number of nitrogens with one attached hydrogen (secondary N) is 1. The van der Waals surface area contributed by atoms with E-state index in [0.29, 0.717) is 36.6 Å². The Labute approximate surface area is 187 Å². The second kappa shape index (κ2) is 10.2. The van der Waals surface area contributed by atoms with E-state index in [4.69, 9.17) is 14.2 Å². The zero-order valence-electron chi connectivity index (χ0n) is 18.8. The van der Waals surface area contributed by atoms with Crippen LogP contribution in [0.1, 0.15) is 32.6 Å². The molecular weight excluding hydrogens is 412 g/mol. The maximum atomic E-state index is 12.5. The number of amides is 2. The first-order valence-electron chi connectivity index (χ1n) is 10.3. The smallest absolute Gasteiger partial charge is 0.325 e. The average Bonchev–Trinajstić information content (AvgIpc) is 2.78. The third-order valence-corrected chi connectivity index (χ3v) is 5.30. The molecule has 1 aliphatic rings. The highest BCUT2D eigenvalue weighted by molar-refractivity contribution is 5.96. The van der Waals surface area contributed by atoms with Gasteiger partial charge in [-0.05, 0) is 55.7 Å². The Bertz CT molecular complexity index is 1010. The third-order valence-electron chi connectivity index (χ3n) is 5.30. The molecular formula is C24H28N2O6. The first-order chi connectivity index (χ1) is 15.3. The molecule has 1 heterocycles. The summed E-state index contributed by atoms with van der Waals surface area (Å²) in [6.07, 6.45) is 0.668. The molecule has 0 saturated carbocycles. The van der Waals surface area contributed by atoms with Crippen molar-refractivity contribution >= 4 is 17.8 Å². The van der Waals surface area contributed by atoms with Gasteiger partial charge in [0.25, 0.3) is 11.8 Å². The summed E-state index contributed by atoms with van der Waals surface area (Å²) in [4.78, 5) is 38.4. The normalized spacial score (nSPS) is 12.6. The van der Waals surface area contributed by atoms with Gasteiger partial charge in [-0.3, -0.25) is 14.4 Å². The van der Waals surface area contributed by atoms with Gasteiger partial charge in [-0.2, -0.15) is 0 Å². The third kappa shape index (κ3) is 5.57. The Balaban J connectivity index is 1.49. The van der Waals surface area contributed by atoms with E-state index in [9.17, 15) is 14.4 Å². The maximum Gasteiger partial charge on any atom is 0.325 e. The van der Waals surface area contributed by atoms with Crippen LogP contribution in [0.4, 0.5) is 0 Å². The van der Waals surface area contributed by atoms with E-state index in [2.05, 4.69) is 5.32 Å². The average molecular weight is 440 g/mol. The molecule has 0 atom stereocenters. The standard InChI is InChI=1S/C24H28N2O6/c1-15-7-16(2)9-18(8-15)24(29)25-12-23(28)32-14-22(27)26-6-5-17-10-20(30-3)21(31-4)11-19(17)13-26/h7-11H,5-6,12-14H2,1-4H3,(H,25,29). The van der Waals surface area contributed by atoms with E-state index in [0.717, 1.165) is 22.3 Å². The second-order valence-corrected chi connectivity index (χ2v) is 7.76. The van der Waals surface area contributed by atoms with Crippen LogP contribution in [0, 0.1) is 13.8 Å². The van der Waals surface area contributed by atoms with Crippen molar-refractivity contribution < 1.29 is 28.6 Å². The number of hydrogen-bond donors (Lipinski definition) is 1. The van der Waals surface area contributed by atoms with Gasteiger partial charge in [0, 0.05) is 18.7 Å². The molecule has 0 aromatic heterocycles. The van der Waals surface area contributed by atoms with Crippen molar-refractivity contribution in [3.63, 3.8) is 0 Å². The minimum absolute atomic E-state index is 0.292. The summed E-state index contributed by atoms with van der Waals surface area (Å²) in [5.41, 5.74) is 4.46. The summed E-state index contributed by atoms with van der Waals surface area (Å²) in [6.45, 7) is 4.03. The summed E-state index contributed by atoms with van der Waals surface area (Å²) < 4.78 is 15.7. The molecule has 0 aliphatic carbocycles. The van der Waals surface area contributed by atoms with Crippen LogP contribution in [0.3, 0.4) is 0 Å². The molecule has 0 fully saturated rings. The molecule has 2 aromatic carbocycles. The summed E-state index contributed by atoms with van der Waals surface area (Å²) in [5, 5.41) is 2.53. The second-order valence-electron chi connectivity index (χ2n) is 7.76. The largest absolute Gasteiger partial charge is 0.493 e. The van der Waals surface area contributed by atoms with Gasteiger partial charge in [-0.1, -0.05) is 17.2 Å². The van der Waals surface area contributed by atoms with Crippen LogP contribution in [0.25, 0.3) is 0 Å². The number of esters is 1. The van der Waals surface area contributed by atoms with Crippen LogP contribution in [-0.2, 0) is 27.3 Å². The maximum absolute atomic E-state index is 12.5. The predicted octanol–water partition coefficient (Wildman–Crippen LogP) is 2.18. The van der Waals surface area contributed by atoms with Gasteiger partial charge < -0.3 is 24.4 Å². The zero-order chi connectivity index (χ0) is 23.3. The van der Waals surface area contributed by atoms with Crippen LogP contribution in [-0.4, -0.2) is 56.6 Å². The van der Waals surface area contributed by atoms with Crippen LogP contribution >= 0.6 is 0 Å². The molecule has 0 spiro atoms. The first-order valence-corrected chi connectivity index (χ1v) is 10.3. The Kier molecular flexibility index (Phi) is 7.35. The van der Waals surface area contributed by atoms with Gasteiger partial charge in [0.2, 0.25) is 0 Å². The number of carbonyl (C=O) groups excluding carboxylic acids is 3. The minimum atomic E-state index is -0.667. The monoisotopic (exact) mass is 440 g/mol. The molecule has 0 radical (unpaired) electrons. The van der Waals surface area contributed by atoms with Crippen LogP contribution in [0.2, 0.25) is 0 Å². The number of hydrogen-bond acceptors (Lipinski definition) is 6. The molecule has 0 unspecified atom stereocenters. The molecule has 3 rings (SSSR count). The number of carbonyl (C=O) groups is 3. The van der Waals surface area contributed by atoms with Crippen molar-refractivity contribution in [2.75, 3.05) is 33.9 Å². The first kappa shape index (κ1) is 23.1. The van der Waals surface area contributed by atoms with Crippen LogP contribution < -0.4 is 14.8 Å². The summed E-state index contributed by atoms with van der Waals surface area (Å²) >= 11 is 0. The number of rotatable bonds is 7. The summed E-state index contributed by atoms with van der Waals surface area (Å²) in [5.74, 6) is -0.0641. The molecule has 8 heteroatoms.